The number of anilines is 1. The van der Waals surface area contributed by atoms with E-state index in [2.05, 4.69) is 10.3 Å². The summed E-state index contributed by atoms with van der Waals surface area (Å²) in [6.07, 6.45) is 0. The summed E-state index contributed by atoms with van der Waals surface area (Å²) in [5, 5.41) is 3.17. The summed E-state index contributed by atoms with van der Waals surface area (Å²) in [7, 11) is 1.53. The average molecular weight is 381 g/mol. The van der Waals surface area contributed by atoms with Crippen molar-refractivity contribution >= 4 is 23.0 Å². The number of carbonyl (C=O) groups is 1. The Bertz CT molecular complexity index is 1070. The SMILES string of the molecule is COCCOC(=O)C1=C(C)Nc2nc3ccccc3n2[C@H]1c1ccccc1F. The van der Waals surface area contributed by atoms with Gasteiger partial charge in [-0.15, -0.1) is 0 Å². The Morgan fingerprint density at radius 1 is 1.18 bits per heavy atom. The zero-order chi connectivity index (χ0) is 19.7. The molecule has 0 unspecified atom stereocenters. The van der Waals surface area contributed by atoms with Crippen LogP contribution in [-0.2, 0) is 14.3 Å². The molecule has 1 aromatic heterocycles. The second-order valence-electron chi connectivity index (χ2n) is 6.51. The molecule has 0 radical (unpaired) electrons. The Balaban J connectivity index is 1.89. The zero-order valence-corrected chi connectivity index (χ0v) is 15.6. The Morgan fingerprint density at radius 2 is 1.93 bits per heavy atom. The molecule has 2 aromatic carbocycles. The number of benzene rings is 2. The van der Waals surface area contributed by atoms with E-state index in [1.807, 2.05) is 28.8 Å². The summed E-state index contributed by atoms with van der Waals surface area (Å²) < 4.78 is 27.0. The van der Waals surface area contributed by atoms with Gasteiger partial charge in [-0.05, 0) is 25.1 Å². The summed E-state index contributed by atoms with van der Waals surface area (Å²) >= 11 is 0. The number of hydrogen-bond donors (Lipinski definition) is 1. The van der Waals surface area contributed by atoms with Gasteiger partial charge in [-0.3, -0.25) is 4.57 Å². The highest BCUT2D eigenvalue weighted by molar-refractivity contribution is 5.94. The minimum atomic E-state index is -0.695. The van der Waals surface area contributed by atoms with Crippen LogP contribution in [0.5, 0.6) is 0 Å². The Kier molecular flexibility index (Phi) is 4.83. The zero-order valence-electron chi connectivity index (χ0n) is 15.6. The van der Waals surface area contributed by atoms with E-state index in [0.29, 0.717) is 22.8 Å². The van der Waals surface area contributed by atoms with Crippen molar-refractivity contribution in [2.45, 2.75) is 13.0 Å². The van der Waals surface area contributed by atoms with Gasteiger partial charge in [0.05, 0.1) is 29.3 Å². The number of imidazole rings is 1. The number of ether oxygens (including phenoxy) is 2. The van der Waals surface area contributed by atoms with E-state index in [4.69, 9.17) is 9.47 Å². The number of nitrogens with zero attached hydrogens (tertiary/aromatic N) is 2. The lowest BCUT2D eigenvalue weighted by Crippen LogP contribution is -2.30. The first-order valence-corrected chi connectivity index (χ1v) is 8.97. The number of hydrogen-bond acceptors (Lipinski definition) is 5. The number of halogens is 1. The largest absolute Gasteiger partial charge is 0.460 e. The van der Waals surface area contributed by atoms with Gasteiger partial charge in [-0.2, -0.15) is 0 Å². The predicted octanol–water partition coefficient (Wildman–Crippen LogP) is 3.65. The topological polar surface area (TPSA) is 65.4 Å². The van der Waals surface area contributed by atoms with Crippen molar-refractivity contribution in [1.29, 1.82) is 0 Å². The number of esters is 1. The number of fused-ring (bicyclic) bond motifs is 3. The van der Waals surface area contributed by atoms with Crippen molar-refractivity contribution < 1.29 is 18.7 Å². The van der Waals surface area contributed by atoms with Crippen molar-refractivity contribution in [3.05, 3.63) is 71.2 Å². The minimum absolute atomic E-state index is 0.119. The molecule has 28 heavy (non-hydrogen) atoms. The summed E-state index contributed by atoms with van der Waals surface area (Å²) in [4.78, 5) is 17.5. The van der Waals surface area contributed by atoms with Gasteiger partial charge < -0.3 is 14.8 Å². The molecule has 6 nitrogen and oxygen atoms in total. The van der Waals surface area contributed by atoms with Gasteiger partial charge in [0.2, 0.25) is 5.95 Å². The monoisotopic (exact) mass is 381 g/mol. The Labute approximate surface area is 161 Å². The maximum absolute atomic E-state index is 14.8. The van der Waals surface area contributed by atoms with Gasteiger partial charge >= 0.3 is 5.97 Å². The predicted molar refractivity (Wildman–Crippen MR) is 103 cm³/mol. The quantitative estimate of drug-likeness (QED) is 0.540. The summed E-state index contributed by atoms with van der Waals surface area (Å²) in [6, 6.07) is 13.3. The highest BCUT2D eigenvalue weighted by Gasteiger charge is 2.36. The standard InChI is InChI=1S/C21H20FN3O3/c1-13-18(20(26)28-12-11-27-2)19(14-7-3-4-8-15(14)22)25-17-10-6-5-9-16(17)24-21(25)23-13/h3-10,19H,11-12H2,1-2H3,(H,23,24)/t19-/m0/s1. The van der Waals surface area contributed by atoms with Crippen LogP contribution in [0.2, 0.25) is 0 Å². The number of allylic oxidation sites excluding steroid dienone is 1. The van der Waals surface area contributed by atoms with Gasteiger partial charge in [-0.1, -0.05) is 30.3 Å². The van der Waals surface area contributed by atoms with E-state index in [0.717, 1.165) is 11.0 Å². The third-order valence-corrected chi connectivity index (χ3v) is 4.77. The lowest BCUT2D eigenvalue weighted by atomic mass is 9.94. The molecule has 3 aromatic rings. The molecular formula is C21H20FN3O3. The molecule has 0 aliphatic carbocycles. The number of aromatic nitrogens is 2. The van der Waals surface area contributed by atoms with E-state index in [1.165, 1.54) is 13.2 Å². The van der Waals surface area contributed by atoms with Crippen LogP contribution in [0.1, 0.15) is 18.5 Å². The van der Waals surface area contributed by atoms with E-state index in [1.54, 1.807) is 25.1 Å². The fourth-order valence-electron chi connectivity index (χ4n) is 3.51. The van der Waals surface area contributed by atoms with E-state index in [9.17, 15) is 9.18 Å². The molecule has 0 saturated carbocycles. The van der Waals surface area contributed by atoms with E-state index >= 15 is 0 Å². The van der Waals surface area contributed by atoms with Gasteiger partial charge in [0.1, 0.15) is 12.4 Å². The average Bonchev–Trinajstić information content (AvgIpc) is 3.05. The van der Waals surface area contributed by atoms with Crippen molar-refractivity contribution in [3.63, 3.8) is 0 Å². The Hall–Kier alpha value is -3.19. The summed E-state index contributed by atoms with van der Waals surface area (Å²) in [5.74, 6) is -0.354. The van der Waals surface area contributed by atoms with Crippen molar-refractivity contribution in [1.82, 2.24) is 9.55 Å². The van der Waals surface area contributed by atoms with Crippen LogP contribution in [0.3, 0.4) is 0 Å². The van der Waals surface area contributed by atoms with Crippen molar-refractivity contribution in [2.24, 2.45) is 0 Å². The van der Waals surface area contributed by atoms with Gasteiger partial charge in [0, 0.05) is 18.4 Å². The van der Waals surface area contributed by atoms with Gasteiger partial charge in [0.15, 0.2) is 0 Å². The minimum Gasteiger partial charge on any atom is -0.460 e. The molecule has 0 fully saturated rings. The molecule has 0 bridgehead atoms. The fraction of sp³-hybridized carbons (Fsp3) is 0.238. The maximum Gasteiger partial charge on any atom is 0.338 e. The van der Waals surface area contributed by atoms with Crippen LogP contribution in [-0.4, -0.2) is 35.8 Å². The number of nitrogens with one attached hydrogen (secondary N) is 1. The van der Waals surface area contributed by atoms with Crippen LogP contribution in [0, 0.1) is 5.82 Å². The molecule has 1 N–H and O–H groups in total. The molecule has 1 atom stereocenters. The Morgan fingerprint density at radius 3 is 2.71 bits per heavy atom. The van der Waals surface area contributed by atoms with Gasteiger partial charge in [-0.25, -0.2) is 14.2 Å². The third kappa shape index (κ3) is 3.03. The lowest BCUT2D eigenvalue weighted by molar-refractivity contribution is -0.140. The first kappa shape index (κ1) is 18.2. The van der Waals surface area contributed by atoms with Crippen LogP contribution in [0.4, 0.5) is 10.3 Å². The first-order chi connectivity index (χ1) is 13.6. The molecule has 1 aliphatic heterocycles. The smallest absolute Gasteiger partial charge is 0.338 e. The molecule has 7 heteroatoms. The molecular weight excluding hydrogens is 361 g/mol. The second kappa shape index (κ2) is 7.44. The van der Waals surface area contributed by atoms with Crippen LogP contribution in [0.25, 0.3) is 11.0 Å². The normalized spacial score (nSPS) is 16.0. The number of rotatable bonds is 5. The van der Waals surface area contributed by atoms with Crippen LogP contribution >= 0.6 is 0 Å². The van der Waals surface area contributed by atoms with Crippen molar-refractivity contribution in [2.75, 3.05) is 25.6 Å². The third-order valence-electron chi connectivity index (χ3n) is 4.77. The molecule has 4 rings (SSSR count). The van der Waals surface area contributed by atoms with Gasteiger partial charge in [0.25, 0.3) is 0 Å². The van der Waals surface area contributed by atoms with Crippen LogP contribution < -0.4 is 5.32 Å². The number of para-hydroxylation sites is 2. The highest BCUT2D eigenvalue weighted by atomic mass is 19.1. The second-order valence-corrected chi connectivity index (χ2v) is 6.51. The highest BCUT2D eigenvalue weighted by Crippen LogP contribution is 2.40. The molecule has 0 saturated heterocycles. The molecule has 2 heterocycles. The summed E-state index contributed by atoms with van der Waals surface area (Å²) in [6.45, 7) is 2.17. The molecule has 0 amide bonds. The number of methoxy groups -OCH3 is 1. The first-order valence-electron chi connectivity index (χ1n) is 8.97. The van der Waals surface area contributed by atoms with E-state index < -0.39 is 17.8 Å². The maximum atomic E-state index is 14.8. The molecule has 1 aliphatic rings. The lowest BCUT2D eigenvalue weighted by Gasteiger charge is -2.30. The van der Waals surface area contributed by atoms with E-state index in [-0.39, 0.29) is 13.2 Å². The van der Waals surface area contributed by atoms with Crippen molar-refractivity contribution in [3.8, 4) is 0 Å². The molecule has 0 spiro atoms. The summed E-state index contributed by atoms with van der Waals surface area (Å²) in [5.41, 5.74) is 2.86. The van der Waals surface area contributed by atoms with Crippen LogP contribution in [0.15, 0.2) is 59.8 Å². The number of carbonyl (C=O) groups excluding carboxylic acids is 1. The molecule has 144 valence electrons. The fourth-order valence-corrected chi connectivity index (χ4v) is 3.51.